The van der Waals surface area contributed by atoms with Crippen LogP contribution in [0.2, 0.25) is 18.1 Å². The highest BCUT2D eigenvalue weighted by Crippen LogP contribution is 2.41. The molecule has 0 radical (unpaired) electrons. The van der Waals surface area contributed by atoms with Gasteiger partial charge in [0.15, 0.2) is 8.32 Å². The summed E-state index contributed by atoms with van der Waals surface area (Å²) in [5.74, 6) is 1.27. The van der Waals surface area contributed by atoms with Gasteiger partial charge in [-0.1, -0.05) is 57.5 Å². The molecular weight excluding hydrogens is 400 g/mol. The largest absolute Gasteiger partial charge is 0.504 e. The zero-order chi connectivity index (χ0) is 23.1. The molecular formula is C27H44O3Si. The Morgan fingerprint density at radius 3 is 2.39 bits per heavy atom. The maximum absolute atomic E-state index is 12.5. The molecule has 1 unspecified atom stereocenters. The number of rotatable bonds is 10. The molecule has 2 rings (SSSR count). The van der Waals surface area contributed by atoms with Gasteiger partial charge < -0.3 is 9.16 Å². The van der Waals surface area contributed by atoms with E-state index in [0.29, 0.717) is 17.6 Å². The van der Waals surface area contributed by atoms with E-state index in [0.717, 1.165) is 32.3 Å². The van der Waals surface area contributed by atoms with Gasteiger partial charge in [0, 0.05) is 12.5 Å². The molecule has 1 aliphatic rings. The predicted molar refractivity (Wildman–Crippen MR) is 133 cm³/mol. The molecule has 0 spiro atoms. The van der Waals surface area contributed by atoms with Crippen molar-refractivity contribution in [1.82, 2.24) is 0 Å². The highest BCUT2D eigenvalue weighted by molar-refractivity contribution is 6.74. The third-order valence-corrected chi connectivity index (χ3v) is 12.0. The summed E-state index contributed by atoms with van der Waals surface area (Å²) in [6, 6.07) is 10.4. The maximum Gasteiger partial charge on any atom is 0.191 e. The first-order valence-electron chi connectivity index (χ1n) is 12.0. The highest BCUT2D eigenvalue weighted by Gasteiger charge is 2.37. The van der Waals surface area contributed by atoms with Gasteiger partial charge in [-0.15, -0.1) is 0 Å². The Morgan fingerprint density at radius 1 is 1.16 bits per heavy atom. The van der Waals surface area contributed by atoms with Crippen LogP contribution in [0.25, 0.3) is 0 Å². The summed E-state index contributed by atoms with van der Waals surface area (Å²) in [6.07, 6.45) is 8.31. The number of hydrogen-bond acceptors (Lipinski definition) is 3. The summed E-state index contributed by atoms with van der Waals surface area (Å²) in [4.78, 5) is 12.5. The van der Waals surface area contributed by atoms with Gasteiger partial charge >= 0.3 is 0 Å². The fourth-order valence-electron chi connectivity index (χ4n) is 4.48. The van der Waals surface area contributed by atoms with E-state index in [1.807, 2.05) is 12.3 Å². The molecule has 1 aliphatic carbocycles. The lowest BCUT2D eigenvalue weighted by molar-refractivity contribution is -0.121. The van der Waals surface area contributed by atoms with Crippen LogP contribution >= 0.6 is 0 Å². The van der Waals surface area contributed by atoms with E-state index in [4.69, 9.17) is 9.16 Å². The van der Waals surface area contributed by atoms with Gasteiger partial charge in [-0.05, 0) is 80.1 Å². The summed E-state index contributed by atoms with van der Waals surface area (Å²) in [6.45, 7) is 14.1. The lowest BCUT2D eigenvalue weighted by Gasteiger charge is -2.38. The smallest absolute Gasteiger partial charge is 0.191 e. The summed E-state index contributed by atoms with van der Waals surface area (Å²) in [7, 11) is 0.0176. The van der Waals surface area contributed by atoms with Crippen molar-refractivity contribution in [3.63, 3.8) is 0 Å². The van der Waals surface area contributed by atoms with Crippen LogP contribution in [0.3, 0.4) is 0 Å². The lowest BCUT2D eigenvalue weighted by atomic mass is 9.71. The third-order valence-electron chi connectivity index (χ3n) is 7.51. The topological polar surface area (TPSA) is 35.5 Å². The van der Waals surface area contributed by atoms with Gasteiger partial charge in [-0.25, -0.2) is 0 Å². The first-order chi connectivity index (χ1) is 14.5. The molecule has 3 nitrogen and oxygen atoms in total. The SMILES string of the molecule is CO/C=C1/[C@H](CCO[Si](C)(C)C(C)(C)C)CCC[C@@H]1CC(Cc1ccccc1)C(C)=O. The molecule has 1 fully saturated rings. The summed E-state index contributed by atoms with van der Waals surface area (Å²) in [5.41, 5.74) is 2.64. The minimum atomic E-state index is -1.73. The molecule has 0 N–H and O–H groups in total. The number of allylic oxidation sites excluding steroid dienone is 1. The first-order valence-corrected chi connectivity index (χ1v) is 14.9. The number of carbonyl (C=O) groups is 1. The van der Waals surface area contributed by atoms with Crippen molar-refractivity contribution in [2.75, 3.05) is 13.7 Å². The molecule has 3 atom stereocenters. The van der Waals surface area contributed by atoms with Crippen molar-refractivity contribution in [2.45, 2.75) is 84.4 Å². The molecule has 174 valence electrons. The van der Waals surface area contributed by atoms with E-state index in [1.165, 1.54) is 24.0 Å². The van der Waals surface area contributed by atoms with E-state index >= 15 is 0 Å². The fraction of sp³-hybridized carbons (Fsp3) is 0.667. The van der Waals surface area contributed by atoms with E-state index in [2.05, 4.69) is 58.1 Å². The molecule has 0 aromatic heterocycles. The maximum atomic E-state index is 12.5. The summed E-state index contributed by atoms with van der Waals surface area (Å²) >= 11 is 0. The van der Waals surface area contributed by atoms with Crippen molar-refractivity contribution < 1.29 is 14.0 Å². The molecule has 0 bridgehead atoms. The second-order valence-electron chi connectivity index (χ2n) is 10.8. The number of hydrogen-bond donors (Lipinski definition) is 0. The number of methoxy groups -OCH3 is 1. The molecule has 0 heterocycles. The van der Waals surface area contributed by atoms with Gasteiger partial charge in [-0.3, -0.25) is 4.79 Å². The van der Waals surface area contributed by atoms with E-state index in [-0.39, 0.29) is 11.0 Å². The van der Waals surface area contributed by atoms with Gasteiger partial charge in [0.25, 0.3) is 0 Å². The second kappa shape index (κ2) is 11.5. The number of benzene rings is 1. The van der Waals surface area contributed by atoms with Crippen LogP contribution in [0, 0.1) is 17.8 Å². The van der Waals surface area contributed by atoms with Crippen LogP contribution < -0.4 is 0 Å². The lowest BCUT2D eigenvalue weighted by Crippen LogP contribution is -2.41. The quantitative estimate of drug-likeness (QED) is 0.283. The van der Waals surface area contributed by atoms with Crippen LogP contribution in [-0.2, 0) is 20.4 Å². The average Bonchev–Trinajstić information content (AvgIpc) is 2.69. The van der Waals surface area contributed by atoms with Crippen LogP contribution in [-0.4, -0.2) is 27.8 Å². The van der Waals surface area contributed by atoms with E-state index in [9.17, 15) is 4.79 Å². The Bertz CT molecular complexity index is 718. The highest BCUT2D eigenvalue weighted by atomic mass is 28.4. The van der Waals surface area contributed by atoms with Crippen molar-refractivity contribution in [2.24, 2.45) is 17.8 Å². The molecule has 1 saturated carbocycles. The Kier molecular flexibility index (Phi) is 9.57. The zero-order valence-electron chi connectivity index (χ0n) is 20.9. The Balaban J connectivity index is 2.05. The van der Waals surface area contributed by atoms with Crippen molar-refractivity contribution in [1.29, 1.82) is 0 Å². The number of ether oxygens (including phenoxy) is 1. The standard InChI is InChI=1S/C27H44O3Si/c1-21(28)25(18-22-12-9-8-10-13-22)19-24-15-11-14-23(26(24)20-29-5)16-17-30-31(6,7)27(2,3)4/h8-10,12-13,20,23-25H,11,14-19H2,1-7H3/b26-20-/t23-,24+,25?/m0/s1. The normalized spacial score (nSPS) is 22.4. The van der Waals surface area contributed by atoms with Gasteiger partial charge in [0.1, 0.15) is 5.78 Å². The molecule has 0 aliphatic heterocycles. The zero-order valence-corrected chi connectivity index (χ0v) is 21.9. The Labute approximate surface area is 191 Å². The Hall–Kier alpha value is -1.39. The molecule has 0 saturated heterocycles. The number of carbonyl (C=O) groups excluding carboxylic acids is 1. The predicted octanol–water partition coefficient (Wildman–Crippen LogP) is 7.18. The summed E-state index contributed by atoms with van der Waals surface area (Å²) in [5, 5.41) is 0.236. The average molecular weight is 445 g/mol. The minimum absolute atomic E-state index is 0.0647. The van der Waals surface area contributed by atoms with Crippen LogP contribution in [0.15, 0.2) is 42.2 Å². The summed E-state index contributed by atoms with van der Waals surface area (Å²) < 4.78 is 12.0. The third kappa shape index (κ3) is 7.60. The van der Waals surface area contributed by atoms with Crippen LogP contribution in [0.5, 0.6) is 0 Å². The fourth-order valence-corrected chi connectivity index (χ4v) is 5.54. The number of ketones is 1. The van der Waals surface area contributed by atoms with Crippen molar-refractivity contribution in [3.05, 3.63) is 47.7 Å². The molecule has 0 amide bonds. The van der Waals surface area contributed by atoms with Gasteiger partial charge in [0.2, 0.25) is 0 Å². The van der Waals surface area contributed by atoms with E-state index in [1.54, 1.807) is 14.0 Å². The number of Topliss-reactive ketones (excluding diaryl/α,β-unsaturated/α-hetero) is 1. The van der Waals surface area contributed by atoms with Gasteiger partial charge in [0.05, 0.1) is 13.4 Å². The molecule has 1 aromatic rings. The monoisotopic (exact) mass is 444 g/mol. The first kappa shape index (κ1) is 25.9. The van der Waals surface area contributed by atoms with Crippen molar-refractivity contribution >= 4 is 14.1 Å². The molecule has 1 aromatic carbocycles. The van der Waals surface area contributed by atoms with Crippen LogP contribution in [0.1, 0.15) is 65.4 Å². The van der Waals surface area contributed by atoms with Gasteiger partial charge in [-0.2, -0.15) is 0 Å². The second-order valence-corrected chi connectivity index (χ2v) is 15.6. The molecule has 4 heteroatoms. The van der Waals surface area contributed by atoms with Crippen molar-refractivity contribution in [3.8, 4) is 0 Å². The van der Waals surface area contributed by atoms with Crippen LogP contribution in [0.4, 0.5) is 0 Å². The minimum Gasteiger partial charge on any atom is -0.504 e. The van der Waals surface area contributed by atoms with E-state index < -0.39 is 8.32 Å². The molecule has 31 heavy (non-hydrogen) atoms. The Morgan fingerprint density at radius 2 is 1.81 bits per heavy atom.